The summed E-state index contributed by atoms with van der Waals surface area (Å²) in [7, 11) is 0. The molecular weight excluding hydrogens is 202 g/mol. The van der Waals surface area contributed by atoms with Crippen LogP contribution in [0.1, 0.15) is 38.1 Å². The first-order chi connectivity index (χ1) is 7.63. The fraction of sp³-hybridized carbons (Fsp3) is 0.667. The average molecular weight is 223 g/mol. The van der Waals surface area contributed by atoms with Crippen LogP contribution in [-0.4, -0.2) is 29.7 Å². The van der Waals surface area contributed by atoms with Crippen molar-refractivity contribution in [3.8, 4) is 0 Å². The topological polar surface area (TPSA) is 47.0 Å². The molecule has 0 aliphatic rings. The Kier molecular flexibility index (Phi) is 5.19. The zero-order chi connectivity index (χ0) is 12.0. The van der Waals surface area contributed by atoms with E-state index in [1.54, 1.807) is 0 Å². The number of nitrogens with zero attached hydrogens (tertiary/aromatic N) is 2. The van der Waals surface area contributed by atoms with E-state index in [0.29, 0.717) is 18.5 Å². The minimum absolute atomic E-state index is 0.425. The summed E-state index contributed by atoms with van der Waals surface area (Å²) >= 11 is 0. The summed E-state index contributed by atoms with van der Waals surface area (Å²) in [6.07, 6.45) is 0. The Bertz CT molecular complexity index is 326. The molecule has 1 N–H and O–H groups in total. The largest absolute Gasteiger partial charge is 0.380 e. The lowest BCUT2D eigenvalue weighted by molar-refractivity contribution is 0.158. The van der Waals surface area contributed by atoms with Gasteiger partial charge in [-0.15, -0.1) is 0 Å². The van der Waals surface area contributed by atoms with Gasteiger partial charge in [0, 0.05) is 24.5 Å². The SMILES string of the molecule is CCOCCNc1nc(C)cc(C(C)C)n1. The Morgan fingerprint density at radius 2 is 2.12 bits per heavy atom. The number of nitrogens with one attached hydrogen (secondary N) is 1. The molecule has 0 radical (unpaired) electrons. The molecule has 1 rings (SSSR count). The van der Waals surface area contributed by atoms with E-state index in [1.165, 1.54) is 0 Å². The zero-order valence-corrected chi connectivity index (χ0v) is 10.6. The minimum Gasteiger partial charge on any atom is -0.380 e. The van der Waals surface area contributed by atoms with Crippen LogP contribution in [0.25, 0.3) is 0 Å². The molecule has 0 aliphatic heterocycles. The molecule has 0 aromatic carbocycles. The second-order valence-electron chi connectivity index (χ2n) is 4.04. The molecule has 1 aromatic rings. The molecule has 0 amide bonds. The molecule has 0 bridgehead atoms. The van der Waals surface area contributed by atoms with Crippen molar-refractivity contribution < 1.29 is 4.74 Å². The Hall–Kier alpha value is -1.16. The second kappa shape index (κ2) is 6.43. The van der Waals surface area contributed by atoms with Gasteiger partial charge in [-0.1, -0.05) is 13.8 Å². The van der Waals surface area contributed by atoms with E-state index in [1.807, 2.05) is 19.9 Å². The van der Waals surface area contributed by atoms with Gasteiger partial charge in [0.05, 0.1) is 6.61 Å². The van der Waals surface area contributed by atoms with Gasteiger partial charge in [0.15, 0.2) is 0 Å². The van der Waals surface area contributed by atoms with Crippen LogP contribution < -0.4 is 5.32 Å². The summed E-state index contributed by atoms with van der Waals surface area (Å²) in [5, 5.41) is 3.17. The fourth-order valence-electron chi connectivity index (χ4n) is 1.35. The molecule has 0 unspecified atom stereocenters. The van der Waals surface area contributed by atoms with E-state index in [4.69, 9.17) is 4.74 Å². The van der Waals surface area contributed by atoms with E-state index in [9.17, 15) is 0 Å². The van der Waals surface area contributed by atoms with Crippen LogP contribution in [0.4, 0.5) is 5.95 Å². The highest BCUT2D eigenvalue weighted by molar-refractivity contribution is 5.28. The summed E-state index contributed by atoms with van der Waals surface area (Å²) in [6.45, 7) is 10.4. The van der Waals surface area contributed by atoms with Gasteiger partial charge in [0.2, 0.25) is 5.95 Å². The summed E-state index contributed by atoms with van der Waals surface area (Å²) in [6, 6.07) is 2.03. The summed E-state index contributed by atoms with van der Waals surface area (Å²) in [5.41, 5.74) is 2.07. The van der Waals surface area contributed by atoms with Crippen molar-refractivity contribution >= 4 is 5.95 Å². The Labute approximate surface area is 97.5 Å². The Morgan fingerprint density at radius 3 is 2.75 bits per heavy atom. The van der Waals surface area contributed by atoms with Crippen molar-refractivity contribution in [3.63, 3.8) is 0 Å². The lowest BCUT2D eigenvalue weighted by Crippen LogP contribution is -2.12. The van der Waals surface area contributed by atoms with E-state index in [2.05, 4.69) is 29.1 Å². The predicted octanol–water partition coefficient (Wildman–Crippen LogP) is 2.36. The van der Waals surface area contributed by atoms with E-state index in [0.717, 1.165) is 24.5 Å². The standard InChI is InChI=1S/C12H21N3O/c1-5-16-7-6-13-12-14-10(4)8-11(15-12)9(2)3/h8-9H,5-7H2,1-4H3,(H,13,14,15). The third kappa shape index (κ3) is 4.14. The van der Waals surface area contributed by atoms with Gasteiger partial charge < -0.3 is 10.1 Å². The van der Waals surface area contributed by atoms with Gasteiger partial charge >= 0.3 is 0 Å². The maximum absolute atomic E-state index is 5.25. The molecule has 1 aromatic heterocycles. The molecule has 1 heterocycles. The van der Waals surface area contributed by atoms with Gasteiger partial charge in [0.1, 0.15) is 0 Å². The molecule has 0 fully saturated rings. The van der Waals surface area contributed by atoms with Crippen LogP contribution in [0.3, 0.4) is 0 Å². The summed E-state index contributed by atoms with van der Waals surface area (Å²) in [4.78, 5) is 8.79. The number of rotatable bonds is 6. The van der Waals surface area contributed by atoms with Crippen LogP contribution in [0, 0.1) is 6.92 Å². The zero-order valence-electron chi connectivity index (χ0n) is 10.6. The molecule has 90 valence electrons. The highest BCUT2D eigenvalue weighted by Crippen LogP contribution is 2.14. The average Bonchev–Trinajstić information content (AvgIpc) is 2.23. The van der Waals surface area contributed by atoms with Crippen molar-refractivity contribution in [1.29, 1.82) is 0 Å². The van der Waals surface area contributed by atoms with E-state index in [-0.39, 0.29) is 0 Å². The fourth-order valence-corrected chi connectivity index (χ4v) is 1.35. The lowest BCUT2D eigenvalue weighted by atomic mass is 10.1. The number of ether oxygens (including phenoxy) is 1. The van der Waals surface area contributed by atoms with Crippen molar-refractivity contribution in [3.05, 3.63) is 17.5 Å². The summed E-state index contributed by atoms with van der Waals surface area (Å²) in [5.74, 6) is 1.12. The normalized spacial score (nSPS) is 10.8. The van der Waals surface area contributed by atoms with Crippen LogP contribution in [0.15, 0.2) is 6.07 Å². The summed E-state index contributed by atoms with van der Waals surface area (Å²) < 4.78 is 5.25. The molecule has 0 atom stereocenters. The van der Waals surface area contributed by atoms with Crippen LogP contribution in [-0.2, 0) is 4.74 Å². The quantitative estimate of drug-likeness (QED) is 0.752. The molecule has 0 spiro atoms. The van der Waals surface area contributed by atoms with Crippen LogP contribution in [0.5, 0.6) is 0 Å². The van der Waals surface area contributed by atoms with Crippen molar-refractivity contribution in [2.45, 2.75) is 33.6 Å². The minimum atomic E-state index is 0.425. The van der Waals surface area contributed by atoms with Gasteiger partial charge in [0.25, 0.3) is 0 Å². The predicted molar refractivity (Wildman–Crippen MR) is 65.8 cm³/mol. The third-order valence-electron chi connectivity index (χ3n) is 2.20. The third-order valence-corrected chi connectivity index (χ3v) is 2.20. The molecule has 0 saturated carbocycles. The van der Waals surface area contributed by atoms with Gasteiger partial charge in [-0.2, -0.15) is 0 Å². The van der Waals surface area contributed by atoms with Gasteiger partial charge in [-0.25, -0.2) is 9.97 Å². The first kappa shape index (κ1) is 12.9. The highest BCUT2D eigenvalue weighted by atomic mass is 16.5. The van der Waals surface area contributed by atoms with E-state index >= 15 is 0 Å². The molecule has 4 heteroatoms. The highest BCUT2D eigenvalue weighted by Gasteiger charge is 2.04. The molecular formula is C12H21N3O. The molecule has 4 nitrogen and oxygen atoms in total. The molecule has 0 saturated heterocycles. The van der Waals surface area contributed by atoms with Crippen LogP contribution in [0.2, 0.25) is 0 Å². The van der Waals surface area contributed by atoms with E-state index < -0.39 is 0 Å². The van der Waals surface area contributed by atoms with Crippen molar-refractivity contribution in [2.24, 2.45) is 0 Å². The monoisotopic (exact) mass is 223 g/mol. The Morgan fingerprint density at radius 1 is 1.38 bits per heavy atom. The first-order valence-electron chi connectivity index (χ1n) is 5.80. The maximum Gasteiger partial charge on any atom is 0.223 e. The smallest absolute Gasteiger partial charge is 0.223 e. The second-order valence-corrected chi connectivity index (χ2v) is 4.04. The number of aryl methyl sites for hydroxylation is 1. The molecule has 0 aliphatic carbocycles. The molecule has 16 heavy (non-hydrogen) atoms. The number of hydrogen-bond acceptors (Lipinski definition) is 4. The number of anilines is 1. The van der Waals surface area contributed by atoms with Crippen LogP contribution >= 0.6 is 0 Å². The Balaban J connectivity index is 2.58. The number of hydrogen-bond donors (Lipinski definition) is 1. The first-order valence-corrected chi connectivity index (χ1v) is 5.80. The maximum atomic E-state index is 5.25. The lowest BCUT2D eigenvalue weighted by Gasteiger charge is -2.09. The van der Waals surface area contributed by atoms with Gasteiger partial charge in [-0.05, 0) is 25.8 Å². The number of aromatic nitrogens is 2. The van der Waals surface area contributed by atoms with Crippen molar-refractivity contribution in [1.82, 2.24) is 9.97 Å². The van der Waals surface area contributed by atoms with Crippen molar-refractivity contribution in [2.75, 3.05) is 25.1 Å². The van der Waals surface area contributed by atoms with Gasteiger partial charge in [-0.3, -0.25) is 0 Å².